The first-order valence-corrected chi connectivity index (χ1v) is 10.5. The van der Waals surface area contributed by atoms with Crippen molar-refractivity contribution in [2.45, 2.75) is 26.3 Å². The van der Waals surface area contributed by atoms with Crippen LogP contribution in [0.5, 0.6) is 0 Å². The molecule has 0 saturated carbocycles. The minimum absolute atomic E-state index is 0.0707. The van der Waals surface area contributed by atoms with Gasteiger partial charge < -0.3 is 14.2 Å². The van der Waals surface area contributed by atoms with Crippen LogP contribution in [0, 0.1) is 5.82 Å². The summed E-state index contributed by atoms with van der Waals surface area (Å²) >= 11 is 0. The fraction of sp³-hybridized carbons (Fsp3) is 0.280. The molecule has 1 heterocycles. The molecule has 0 radical (unpaired) electrons. The fourth-order valence-corrected chi connectivity index (χ4v) is 3.38. The second kappa shape index (κ2) is 11.1. The van der Waals surface area contributed by atoms with Gasteiger partial charge in [-0.2, -0.15) is 0 Å². The van der Waals surface area contributed by atoms with Crippen LogP contribution in [0.1, 0.15) is 35.0 Å². The number of furan rings is 1. The van der Waals surface area contributed by atoms with E-state index in [1.54, 1.807) is 23.3 Å². The maximum Gasteiger partial charge on any atom is 0.254 e. The van der Waals surface area contributed by atoms with E-state index < -0.39 is 5.82 Å². The van der Waals surface area contributed by atoms with Crippen molar-refractivity contribution in [2.24, 2.45) is 0 Å². The van der Waals surface area contributed by atoms with Crippen LogP contribution in [-0.2, 0) is 17.8 Å². The minimum Gasteiger partial charge on any atom is -0.467 e. The van der Waals surface area contributed by atoms with E-state index in [4.69, 9.17) is 4.42 Å². The topological polar surface area (TPSA) is 53.8 Å². The third-order valence-corrected chi connectivity index (χ3v) is 4.97. The van der Waals surface area contributed by atoms with Gasteiger partial charge in [0.1, 0.15) is 18.1 Å². The van der Waals surface area contributed by atoms with Crippen molar-refractivity contribution in [3.63, 3.8) is 0 Å². The maximum atomic E-state index is 13.6. The van der Waals surface area contributed by atoms with E-state index in [1.165, 1.54) is 23.1 Å². The van der Waals surface area contributed by atoms with Crippen LogP contribution >= 0.6 is 0 Å². The molecule has 3 rings (SSSR count). The summed E-state index contributed by atoms with van der Waals surface area (Å²) in [5, 5.41) is 0. The lowest BCUT2D eigenvalue weighted by atomic mass is 10.1. The molecular formula is C25H27FN2O3. The molecule has 0 aliphatic heterocycles. The summed E-state index contributed by atoms with van der Waals surface area (Å²) in [6.07, 6.45) is 2.96. The molecule has 162 valence electrons. The van der Waals surface area contributed by atoms with Crippen molar-refractivity contribution in [3.05, 3.63) is 95.7 Å². The molecule has 0 atom stereocenters. The average Bonchev–Trinajstić information content (AvgIpc) is 3.29. The molecule has 0 aliphatic rings. The Morgan fingerprint density at radius 1 is 0.935 bits per heavy atom. The van der Waals surface area contributed by atoms with Crippen molar-refractivity contribution in [2.75, 3.05) is 19.6 Å². The highest BCUT2D eigenvalue weighted by molar-refractivity contribution is 5.96. The summed E-state index contributed by atoms with van der Waals surface area (Å²) in [4.78, 5) is 29.3. The maximum absolute atomic E-state index is 13.6. The first-order valence-electron chi connectivity index (χ1n) is 10.5. The molecule has 5 nitrogen and oxygen atoms in total. The van der Waals surface area contributed by atoms with Gasteiger partial charge in [-0.15, -0.1) is 0 Å². The van der Waals surface area contributed by atoms with E-state index in [0.717, 1.165) is 5.56 Å². The third kappa shape index (κ3) is 6.54. The number of hydrogen-bond donors (Lipinski definition) is 0. The number of benzene rings is 2. The summed E-state index contributed by atoms with van der Waals surface area (Å²) in [7, 11) is 0. The molecule has 0 fully saturated rings. The first kappa shape index (κ1) is 22.3. The molecule has 3 aromatic rings. The Kier molecular flexibility index (Phi) is 7.98. The van der Waals surface area contributed by atoms with Crippen LogP contribution in [0.3, 0.4) is 0 Å². The van der Waals surface area contributed by atoms with Gasteiger partial charge in [-0.3, -0.25) is 9.59 Å². The Morgan fingerprint density at radius 2 is 1.74 bits per heavy atom. The Hall–Kier alpha value is -3.41. The Balaban J connectivity index is 1.73. The lowest BCUT2D eigenvalue weighted by Crippen LogP contribution is -2.43. The third-order valence-electron chi connectivity index (χ3n) is 4.97. The Bertz CT molecular complexity index is 973. The van der Waals surface area contributed by atoms with Crippen molar-refractivity contribution in [3.8, 4) is 0 Å². The summed E-state index contributed by atoms with van der Waals surface area (Å²) in [5.41, 5.74) is 1.36. The summed E-state index contributed by atoms with van der Waals surface area (Å²) in [5.74, 6) is -0.322. The van der Waals surface area contributed by atoms with E-state index in [9.17, 15) is 14.0 Å². The van der Waals surface area contributed by atoms with Crippen molar-refractivity contribution < 1.29 is 18.4 Å². The van der Waals surface area contributed by atoms with E-state index in [0.29, 0.717) is 38.2 Å². The van der Waals surface area contributed by atoms with Crippen molar-refractivity contribution >= 4 is 11.8 Å². The second-order valence-corrected chi connectivity index (χ2v) is 7.37. The zero-order valence-corrected chi connectivity index (χ0v) is 17.7. The minimum atomic E-state index is -0.476. The van der Waals surface area contributed by atoms with Crippen LogP contribution in [0.25, 0.3) is 0 Å². The number of carbonyl (C=O) groups excluding carboxylic acids is 2. The number of hydrogen-bond acceptors (Lipinski definition) is 3. The van der Waals surface area contributed by atoms with Crippen LogP contribution < -0.4 is 0 Å². The molecule has 2 amide bonds. The predicted octanol–water partition coefficient (Wildman–Crippen LogP) is 4.54. The van der Waals surface area contributed by atoms with E-state index in [-0.39, 0.29) is 23.9 Å². The SMILES string of the molecule is CCCN(CC(=O)N(CCc1ccccc1)Cc1ccco1)C(=O)c1cccc(F)c1. The molecule has 0 N–H and O–H groups in total. The molecule has 0 aliphatic carbocycles. The van der Waals surface area contributed by atoms with Gasteiger partial charge in [-0.1, -0.05) is 43.3 Å². The molecular weight excluding hydrogens is 395 g/mol. The van der Waals surface area contributed by atoms with E-state index in [2.05, 4.69) is 0 Å². The largest absolute Gasteiger partial charge is 0.467 e. The van der Waals surface area contributed by atoms with E-state index >= 15 is 0 Å². The lowest BCUT2D eigenvalue weighted by Gasteiger charge is -2.27. The zero-order chi connectivity index (χ0) is 22.1. The van der Waals surface area contributed by atoms with Gasteiger partial charge >= 0.3 is 0 Å². The van der Waals surface area contributed by atoms with Gasteiger partial charge in [0.15, 0.2) is 0 Å². The quantitative estimate of drug-likeness (QED) is 0.482. The standard InChI is InChI=1S/C25H27FN2O3/c1-2-14-28(25(30)21-10-6-11-22(26)17-21)19-24(29)27(18-23-12-7-16-31-23)15-13-20-8-4-3-5-9-20/h3-12,16-17H,2,13-15,18-19H2,1H3. The van der Waals surface area contributed by atoms with Crippen LogP contribution in [0.4, 0.5) is 4.39 Å². The highest BCUT2D eigenvalue weighted by atomic mass is 19.1. The molecule has 0 bridgehead atoms. The molecule has 0 spiro atoms. The smallest absolute Gasteiger partial charge is 0.254 e. The van der Waals surface area contributed by atoms with Gasteiger partial charge in [0.05, 0.1) is 12.8 Å². The monoisotopic (exact) mass is 422 g/mol. The molecule has 1 aromatic heterocycles. The number of carbonyl (C=O) groups is 2. The molecule has 2 aromatic carbocycles. The van der Waals surface area contributed by atoms with Crippen molar-refractivity contribution in [1.29, 1.82) is 0 Å². The van der Waals surface area contributed by atoms with Crippen LogP contribution in [0.15, 0.2) is 77.4 Å². The fourth-order valence-electron chi connectivity index (χ4n) is 3.38. The number of halogens is 1. The highest BCUT2D eigenvalue weighted by Gasteiger charge is 2.23. The first-order chi connectivity index (χ1) is 15.1. The zero-order valence-electron chi connectivity index (χ0n) is 17.7. The van der Waals surface area contributed by atoms with Crippen LogP contribution in [0.2, 0.25) is 0 Å². The van der Waals surface area contributed by atoms with Crippen LogP contribution in [-0.4, -0.2) is 41.2 Å². The highest BCUT2D eigenvalue weighted by Crippen LogP contribution is 2.12. The second-order valence-electron chi connectivity index (χ2n) is 7.37. The number of nitrogens with zero attached hydrogens (tertiary/aromatic N) is 2. The van der Waals surface area contributed by atoms with Gasteiger partial charge in [0.2, 0.25) is 5.91 Å². The molecule has 31 heavy (non-hydrogen) atoms. The number of rotatable bonds is 10. The molecule has 0 saturated heterocycles. The Labute approximate surface area is 182 Å². The normalized spacial score (nSPS) is 10.6. The van der Waals surface area contributed by atoms with Gasteiger partial charge in [-0.05, 0) is 48.7 Å². The average molecular weight is 423 g/mol. The summed E-state index contributed by atoms with van der Waals surface area (Å²) in [6, 6.07) is 19.1. The summed E-state index contributed by atoms with van der Waals surface area (Å²) in [6.45, 7) is 3.10. The molecule has 0 unspecified atom stereocenters. The van der Waals surface area contributed by atoms with Gasteiger partial charge in [0, 0.05) is 18.7 Å². The van der Waals surface area contributed by atoms with Gasteiger partial charge in [-0.25, -0.2) is 4.39 Å². The Morgan fingerprint density at radius 3 is 2.42 bits per heavy atom. The van der Waals surface area contributed by atoms with Crippen molar-refractivity contribution in [1.82, 2.24) is 9.80 Å². The summed E-state index contributed by atoms with van der Waals surface area (Å²) < 4.78 is 19.0. The van der Waals surface area contributed by atoms with Gasteiger partial charge in [0.25, 0.3) is 5.91 Å². The van der Waals surface area contributed by atoms with E-state index in [1.807, 2.05) is 43.3 Å². The predicted molar refractivity (Wildman–Crippen MR) is 117 cm³/mol. The lowest BCUT2D eigenvalue weighted by molar-refractivity contribution is -0.132. The number of amides is 2. The molecule has 6 heteroatoms.